The third-order valence-electron chi connectivity index (χ3n) is 6.93. The Balaban J connectivity index is 1.71. The molecule has 1 heterocycles. The molecule has 0 spiro atoms. The summed E-state index contributed by atoms with van der Waals surface area (Å²) < 4.78 is 67.3. The van der Waals surface area contributed by atoms with E-state index >= 15 is 0 Å². The van der Waals surface area contributed by atoms with Crippen molar-refractivity contribution < 1.29 is 36.3 Å². The van der Waals surface area contributed by atoms with Gasteiger partial charge in [-0.3, -0.25) is 13.9 Å². The number of rotatable bonds is 11. The van der Waals surface area contributed by atoms with Gasteiger partial charge < -0.3 is 19.7 Å². The van der Waals surface area contributed by atoms with Crippen molar-refractivity contribution in [3.63, 3.8) is 0 Å². The van der Waals surface area contributed by atoms with E-state index in [1.54, 1.807) is 0 Å². The molecule has 1 aliphatic rings. The van der Waals surface area contributed by atoms with Crippen LogP contribution in [0.4, 0.5) is 14.5 Å². The number of fused-ring (bicyclic) bond motifs is 1. The summed E-state index contributed by atoms with van der Waals surface area (Å²) in [6, 6.07) is 13.1. The molecule has 1 aliphatic heterocycles. The lowest BCUT2D eigenvalue weighted by Gasteiger charge is -2.32. The molecule has 9 nitrogen and oxygen atoms in total. The average Bonchev–Trinajstić information content (AvgIpc) is 2.99. The highest BCUT2D eigenvalue weighted by Crippen LogP contribution is 2.34. The molecule has 0 fully saturated rings. The first kappa shape index (κ1) is 30.8. The van der Waals surface area contributed by atoms with Crippen molar-refractivity contribution in [2.45, 2.75) is 50.7 Å². The van der Waals surface area contributed by atoms with Gasteiger partial charge in [-0.2, -0.15) is 0 Å². The molecule has 2 atom stereocenters. The van der Waals surface area contributed by atoms with Gasteiger partial charge in [-0.15, -0.1) is 0 Å². The molecular formula is C30H33F2N3O6S. The van der Waals surface area contributed by atoms with Crippen molar-refractivity contribution in [3.05, 3.63) is 83.9 Å². The summed E-state index contributed by atoms with van der Waals surface area (Å²) in [5.41, 5.74) is 0.578. The minimum atomic E-state index is -4.40. The second kappa shape index (κ2) is 13.2. The maximum absolute atomic E-state index is 14.0. The molecule has 3 aromatic carbocycles. The van der Waals surface area contributed by atoms with Crippen molar-refractivity contribution in [2.24, 2.45) is 0 Å². The number of benzene rings is 3. The SMILES string of the molecule is CC[C@@H](C)NC(=O)[C@H](C)N(Cc1ccc(F)cc1)C(=O)CN(c1ccc(F)cc1)S(=O)(=O)c1ccc2c(c1)OCCO2. The first-order valence-electron chi connectivity index (χ1n) is 13.5. The third-order valence-corrected chi connectivity index (χ3v) is 8.70. The Hall–Kier alpha value is -4.19. The number of nitrogens with one attached hydrogen (secondary N) is 1. The number of hydrogen-bond acceptors (Lipinski definition) is 6. The molecule has 4 rings (SSSR count). The molecule has 0 aliphatic carbocycles. The molecule has 0 bridgehead atoms. The Kier molecular flexibility index (Phi) is 9.66. The number of sulfonamides is 1. The molecule has 3 aromatic rings. The van der Waals surface area contributed by atoms with Crippen LogP contribution in [0.2, 0.25) is 0 Å². The van der Waals surface area contributed by atoms with Gasteiger partial charge in [0.05, 0.1) is 10.6 Å². The summed E-state index contributed by atoms with van der Waals surface area (Å²) >= 11 is 0. The van der Waals surface area contributed by atoms with E-state index in [9.17, 15) is 26.8 Å². The molecule has 0 saturated heterocycles. The number of carbonyl (C=O) groups is 2. The molecule has 2 amide bonds. The summed E-state index contributed by atoms with van der Waals surface area (Å²) in [5.74, 6) is -1.56. The van der Waals surface area contributed by atoms with Crippen LogP contribution in [0.1, 0.15) is 32.8 Å². The number of ether oxygens (including phenoxy) is 2. The predicted octanol–water partition coefficient (Wildman–Crippen LogP) is 4.26. The van der Waals surface area contributed by atoms with Crippen molar-refractivity contribution in [2.75, 3.05) is 24.1 Å². The number of hydrogen-bond donors (Lipinski definition) is 1. The van der Waals surface area contributed by atoms with Crippen molar-refractivity contribution in [3.8, 4) is 11.5 Å². The monoisotopic (exact) mass is 601 g/mol. The fraction of sp³-hybridized carbons (Fsp3) is 0.333. The van der Waals surface area contributed by atoms with Crippen LogP contribution < -0.4 is 19.1 Å². The standard InChI is InChI=1S/C30H33F2N3O6S/c1-4-20(2)33-30(37)21(3)34(18-22-5-7-23(31)8-6-22)29(36)19-35(25-11-9-24(32)10-12-25)42(38,39)26-13-14-27-28(17-26)41-16-15-40-27/h5-14,17,20-21H,4,15-16,18-19H2,1-3H3,(H,33,37)/t20-,21+/m1/s1. The van der Waals surface area contributed by atoms with Gasteiger partial charge >= 0.3 is 0 Å². The summed E-state index contributed by atoms with van der Waals surface area (Å²) in [6.07, 6.45) is 0.663. The molecule has 1 N–H and O–H groups in total. The summed E-state index contributed by atoms with van der Waals surface area (Å²) in [7, 11) is -4.40. The highest BCUT2D eigenvalue weighted by molar-refractivity contribution is 7.92. The highest BCUT2D eigenvalue weighted by atomic mass is 32.2. The van der Waals surface area contributed by atoms with Gasteiger partial charge in [0.25, 0.3) is 10.0 Å². The van der Waals surface area contributed by atoms with E-state index in [0.717, 1.165) is 16.4 Å². The number of nitrogens with zero attached hydrogens (tertiary/aromatic N) is 2. The quantitative estimate of drug-likeness (QED) is 0.352. The van der Waals surface area contributed by atoms with Gasteiger partial charge in [0, 0.05) is 18.7 Å². The van der Waals surface area contributed by atoms with Crippen LogP contribution in [0.3, 0.4) is 0 Å². The normalized spacial score (nSPS) is 14.0. The summed E-state index contributed by atoms with van der Waals surface area (Å²) in [4.78, 5) is 28.1. The average molecular weight is 602 g/mol. The Labute approximate surface area is 244 Å². The van der Waals surface area contributed by atoms with E-state index in [4.69, 9.17) is 9.47 Å². The van der Waals surface area contributed by atoms with E-state index in [0.29, 0.717) is 24.3 Å². The second-order valence-corrected chi connectivity index (χ2v) is 11.8. The number of halogens is 2. The lowest BCUT2D eigenvalue weighted by Crippen LogP contribution is -2.52. The largest absolute Gasteiger partial charge is 0.486 e. The smallest absolute Gasteiger partial charge is 0.264 e. The lowest BCUT2D eigenvalue weighted by atomic mass is 10.1. The molecule has 42 heavy (non-hydrogen) atoms. The van der Waals surface area contributed by atoms with Crippen LogP contribution >= 0.6 is 0 Å². The molecule has 0 unspecified atom stereocenters. The zero-order chi connectivity index (χ0) is 30.4. The molecule has 0 aromatic heterocycles. The van der Waals surface area contributed by atoms with Crippen LogP contribution in [0.5, 0.6) is 11.5 Å². The Morgan fingerprint density at radius 1 is 0.905 bits per heavy atom. The summed E-state index contributed by atoms with van der Waals surface area (Å²) in [5, 5.41) is 2.84. The third kappa shape index (κ3) is 7.17. The minimum absolute atomic E-state index is 0.0399. The molecular weight excluding hydrogens is 568 g/mol. The number of anilines is 1. The van der Waals surface area contributed by atoms with E-state index in [1.165, 1.54) is 66.4 Å². The van der Waals surface area contributed by atoms with Crippen LogP contribution in [0.15, 0.2) is 71.6 Å². The molecule has 12 heteroatoms. The zero-order valence-corrected chi connectivity index (χ0v) is 24.4. The van der Waals surface area contributed by atoms with Gasteiger partial charge in [0.2, 0.25) is 11.8 Å². The van der Waals surface area contributed by atoms with E-state index < -0.39 is 46.1 Å². The topological polar surface area (TPSA) is 105 Å². The lowest BCUT2D eigenvalue weighted by molar-refractivity contribution is -0.139. The van der Waals surface area contributed by atoms with Crippen LogP contribution in [0, 0.1) is 11.6 Å². The number of carbonyl (C=O) groups excluding carboxylic acids is 2. The first-order valence-corrected chi connectivity index (χ1v) is 15.0. The van der Waals surface area contributed by atoms with E-state index in [2.05, 4.69) is 5.32 Å². The fourth-order valence-corrected chi connectivity index (χ4v) is 5.71. The molecule has 224 valence electrons. The predicted molar refractivity (Wildman–Crippen MR) is 153 cm³/mol. The van der Waals surface area contributed by atoms with Gasteiger partial charge in [0.15, 0.2) is 11.5 Å². The Bertz CT molecular complexity index is 1520. The maximum Gasteiger partial charge on any atom is 0.264 e. The Morgan fingerprint density at radius 2 is 1.50 bits per heavy atom. The van der Waals surface area contributed by atoms with E-state index in [1.807, 2.05) is 13.8 Å². The maximum atomic E-state index is 14.0. The first-order chi connectivity index (χ1) is 20.0. The minimum Gasteiger partial charge on any atom is -0.486 e. The van der Waals surface area contributed by atoms with Crippen LogP contribution in [0.25, 0.3) is 0 Å². The van der Waals surface area contributed by atoms with Crippen molar-refractivity contribution in [1.82, 2.24) is 10.2 Å². The van der Waals surface area contributed by atoms with E-state index in [-0.39, 0.29) is 35.5 Å². The van der Waals surface area contributed by atoms with Gasteiger partial charge in [-0.25, -0.2) is 17.2 Å². The highest BCUT2D eigenvalue weighted by Gasteiger charge is 2.33. The van der Waals surface area contributed by atoms with Gasteiger partial charge in [-0.05, 0) is 74.4 Å². The molecule has 0 radical (unpaired) electrons. The molecule has 0 saturated carbocycles. The van der Waals surface area contributed by atoms with Crippen molar-refractivity contribution in [1.29, 1.82) is 0 Å². The summed E-state index contributed by atoms with van der Waals surface area (Å²) in [6.45, 7) is 5.04. The Morgan fingerprint density at radius 3 is 2.12 bits per heavy atom. The zero-order valence-electron chi connectivity index (χ0n) is 23.5. The van der Waals surface area contributed by atoms with Crippen molar-refractivity contribution >= 4 is 27.5 Å². The second-order valence-electron chi connectivity index (χ2n) is 9.94. The van der Waals surface area contributed by atoms with Crippen LogP contribution in [-0.4, -0.2) is 57.0 Å². The number of amides is 2. The van der Waals surface area contributed by atoms with Gasteiger partial charge in [0.1, 0.15) is 37.4 Å². The van der Waals surface area contributed by atoms with Gasteiger partial charge in [-0.1, -0.05) is 19.1 Å². The fourth-order valence-electron chi connectivity index (χ4n) is 4.28. The van der Waals surface area contributed by atoms with Crippen LogP contribution in [-0.2, 0) is 26.2 Å².